The summed E-state index contributed by atoms with van der Waals surface area (Å²) in [6, 6.07) is 6.35. The number of carbonyl (C=O) groups is 2. The predicted octanol–water partition coefficient (Wildman–Crippen LogP) is 2.82. The summed E-state index contributed by atoms with van der Waals surface area (Å²) < 4.78 is 9.67. The van der Waals surface area contributed by atoms with Crippen molar-refractivity contribution >= 4 is 17.7 Å². The third-order valence-electron chi connectivity index (χ3n) is 1.95. The van der Waals surface area contributed by atoms with Crippen LogP contribution in [0.5, 0.6) is 0 Å². The molecule has 0 unspecified atom stereocenters. The molecule has 5 nitrogen and oxygen atoms in total. The SMILES string of the molecule is CO[11C](=O)c1ccc(NC(=O)OC(C)(C)C)cc1. The van der Waals surface area contributed by atoms with Crippen LogP contribution < -0.4 is 5.32 Å². The van der Waals surface area contributed by atoms with E-state index in [-0.39, 0.29) is 0 Å². The normalized spacial score (nSPS) is 10.7. The van der Waals surface area contributed by atoms with Crippen LogP contribution in [-0.4, -0.2) is 24.8 Å². The van der Waals surface area contributed by atoms with Gasteiger partial charge >= 0.3 is 12.1 Å². The topological polar surface area (TPSA) is 64.6 Å². The van der Waals surface area contributed by atoms with Crippen molar-refractivity contribution in [2.45, 2.75) is 26.4 Å². The van der Waals surface area contributed by atoms with E-state index >= 15 is 0 Å². The molecule has 0 aliphatic rings. The molecule has 0 fully saturated rings. The van der Waals surface area contributed by atoms with Gasteiger partial charge in [-0.05, 0) is 45.0 Å². The van der Waals surface area contributed by atoms with Crippen LogP contribution in [0.25, 0.3) is 0 Å². The van der Waals surface area contributed by atoms with Crippen LogP contribution in [0, 0.1) is 0 Å². The molecule has 0 aliphatic heterocycles. The fourth-order valence-electron chi connectivity index (χ4n) is 1.23. The molecule has 0 saturated carbocycles. The van der Waals surface area contributed by atoms with Gasteiger partial charge in [-0.1, -0.05) is 0 Å². The molecule has 0 aromatic heterocycles. The first-order valence-corrected chi connectivity index (χ1v) is 5.50. The highest BCUT2D eigenvalue weighted by Crippen LogP contribution is 2.13. The number of esters is 1. The minimum Gasteiger partial charge on any atom is -0.465 e. The Morgan fingerprint density at radius 1 is 1.11 bits per heavy atom. The third-order valence-corrected chi connectivity index (χ3v) is 1.95. The van der Waals surface area contributed by atoms with Crippen molar-refractivity contribution in [3.63, 3.8) is 0 Å². The molecule has 0 aliphatic carbocycles. The van der Waals surface area contributed by atoms with Crippen LogP contribution in [0.1, 0.15) is 31.1 Å². The molecule has 1 aromatic rings. The zero-order chi connectivity index (χ0) is 13.8. The summed E-state index contributed by atoms with van der Waals surface area (Å²) in [7, 11) is 1.31. The Balaban J connectivity index is 2.64. The van der Waals surface area contributed by atoms with E-state index in [4.69, 9.17) is 4.74 Å². The van der Waals surface area contributed by atoms with Crippen LogP contribution in [0.3, 0.4) is 0 Å². The number of anilines is 1. The highest BCUT2D eigenvalue weighted by Gasteiger charge is 2.16. The summed E-state index contributed by atoms with van der Waals surface area (Å²) in [6.45, 7) is 5.35. The second-order valence-corrected chi connectivity index (χ2v) is 4.70. The number of methoxy groups -OCH3 is 1. The molecule has 0 radical (unpaired) electrons. The maximum Gasteiger partial charge on any atom is 0.412 e. The molecule has 1 rings (SSSR count). The van der Waals surface area contributed by atoms with Gasteiger partial charge in [-0.2, -0.15) is 0 Å². The van der Waals surface area contributed by atoms with Gasteiger partial charge in [0.2, 0.25) is 0 Å². The second-order valence-electron chi connectivity index (χ2n) is 4.70. The Morgan fingerprint density at radius 2 is 1.67 bits per heavy atom. The van der Waals surface area contributed by atoms with E-state index in [1.54, 1.807) is 45.0 Å². The molecule has 0 saturated heterocycles. The Hall–Kier alpha value is -2.04. The number of carbonyl (C=O) groups excluding carboxylic acids is 2. The summed E-state index contributed by atoms with van der Waals surface area (Å²) in [6.07, 6.45) is -0.534. The number of ether oxygens (including phenoxy) is 2. The molecule has 5 heteroatoms. The molecule has 1 aromatic carbocycles. The summed E-state index contributed by atoms with van der Waals surface area (Å²) in [5, 5.41) is 2.57. The van der Waals surface area contributed by atoms with E-state index in [1.807, 2.05) is 0 Å². The van der Waals surface area contributed by atoms with E-state index in [0.29, 0.717) is 11.3 Å². The average molecular weight is 250 g/mol. The Labute approximate surface area is 106 Å². The van der Waals surface area contributed by atoms with Crippen LogP contribution in [0.4, 0.5) is 10.5 Å². The Morgan fingerprint density at radius 3 is 2.11 bits per heavy atom. The van der Waals surface area contributed by atoms with E-state index in [1.165, 1.54) is 7.11 Å². The first-order chi connectivity index (χ1) is 8.31. The maximum absolute atomic E-state index is 11.5. The monoisotopic (exact) mass is 250 g/mol. The molecule has 0 bridgehead atoms. The fourth-order valence-corrected chi connectivity index (χ4v) is 1.23. The van der Waals surface area contributed by atoms with Crippen molar-refractivity contribution in [3.05, 3.63) is 29.8 Å². The fraction of sp³-hybridized carbons (Fsp3) is 0.385. The van der Waals surface area contributed by atoms with Crippen molar-refractivity contribution in [1.29, 1.82) is 0 Å². The van der Waals surface area contributed by atoms with E-state index < -0.39 is 17.7 Å². The standard InChI is InChI=1S/C13H17NO4/c1-13(2,3)18-12(16)14-10-7-5-9(6-8-10)11(15)17-4/h5-8H,1-4H3,(H,14,16)/i11-1. The lowest BCUT2D eigenvalue weighted by atomic mass is 9.94. The van der Waals surface area contributed by atoms with Gasteiger partial charge in [0, 0.05) is 5.69 Å². The molecular formula is C13H17NO4. The highest BCUT2D eigenvalue weighted by atomic mass is 16.6. The number of hydrogen-bond acceptors (Lipinski definition) is 4. The first kappa shape index (κ1) is 14.0. The molecule has 1 N–H and O–H groups in total. The van der Waals surface area contributed by atoms with Crippen LogP contribution in [0.2, 0.25) is 0 Å². The lowest BCUT2D eigenvalue weighted by molar-refractivity contribution is 0.0599. The van der Waals surface area contributed by atoms with Crippen molar-refractivity contribution in [1.82, 2.24) is 0 Å². The minimum absolute atomic E-state index is 0.418. The average Bonchev–Trinajstić information content (AvgIpc) is 2.26. The molecule has 0 spiro atoms. The number of benzene rings is 1. The van der Waals surface area contributed by atoms with Gasteiger partial charge in [-0.15, -0.1) is 0 Å². The van der Waals surface area contributed by atoms with Crippen molar-refractivity contribution < 1.29 is 19.1 Å². The summed E-state index contributed by atoms with van der Waals surface area (Å²) in [5.74, 6) is -0.418. The maximum atomic E-state index is 11.5. The van der Waals surface area contributed by atoms with Crippen LogP contribution >= 0.6 is 0 Å². The molecular weight excluding hydrogens is 233 g/mol. The van der Waals surface area contributed by atoms with Gasteiger partial charge in [-0.25, -0.2) is 9.59 Å². The van der Waals surface area contributed by atoms with E-state index in [9.17, 15) is 9.59 Å². The lowest BCUT2D eigenvalue weighted by Gasteiger charge is -2.19. The van der Waals surface area contributed by atoms with Crippen molar-refractivity contribution in [2.24, 2.45) is 0 Å². The smallest absolute Gasteiger partial charge is 0.412 e. The number of nitrogens with one attached hydrogen (secondary N) is 1. The molecule has 1 amide bonds. The Kier molecular flexibility index (Phi) is 4.31. The van der Waals surface area contributed by atoms with Crippen LogP contribution in [-0.2, 0) is 9.47 Å². The Bertz CT molecular complexity index is 431. The van der Waals surface area contributed by atoms with E-state index in [0.717, 1.165) is 0 Å². The third kappa shape index (κ3) is 4.45. The molecule has 0 atom stereocenters. The van der Waals surface area contributed by atoms with Gasteiger partial charge in [0.15, 0.2) is 0 Å². The molecule has 0 heterocycles. The molecule has 18 heavy (non-hydrogen) atoms. The van der Waals surface area contributed by atoms with Gasteiger partial charge in [0.05, 0.1) is 12.7 Å². The van der Waals surface area contributed by atoms with Crippen molar-refractivity contribution in [3.8, 4) is 0 Å². The summed E-state index contributed by atoms with van der Waals surface area (Å²) >= 11 is 0. The number of amides is 1. The lowest BCUT2D eigenvalue weighted by Crippen LogP contribution is -2.27. The molecule has 98 valence electrons. The van der Waals surface area contributed by atoms with E-state index in [2.05, 4.69) is 10.1 Å². The second kappa shape index (κ2) is 5.53. The summed E-state index contributed by atoms with van der Waals surface area (Å²) in [4.78, 5) is 22.7. The van der Waals surface area contributed by atoms with Gasteiger partial charge < -0.3 is 9.47 Å². The van der Waals surface area contributed by atoms with Gasteiger partial charge in [-0.3, -0.25) is 5.32 Å². The zero-order valence-electron chi connectivity index (χ0n) is 10.9. The van der Waals surface area contributed by atoms with Gasteiger partial charge in [0.1, 0.15) is 5.60 Å². The number of rotatable bonds is 2. The summed E-state index contributed by atoms with van der Waals surface area (Å²) in [5.41, 5.74) is 0.430. The zero-order valence-corrected chi connectivity index (χ0v) is 10.9. The quantitative estimate of drug-likeness (QED) is 0.820. The largest absolute Gasteiger partial charge is 0.465 e. The van der Waals surface area contributed by atoms with Crippen molar-refractivity contribution in [2.75, 3.05) is 12.4 Å². The first-order valence-electron chi connectivity index (χ1n) is 5.50. The van der Waals surface area contributed by atoms with Gasteiger partial charge in [0.25, 0.3) is 0 Å². The van der Waals surface area contributed by atoms with Crippen LogP contribution in [0.15, 0.2) is 24.3 Å². The highest BCUT2D eigenvalue weighted by molar-refractivity contribution is 5.91. The predicted molar refractivity (Wildman–Crippen MR) is 67.6 cm³/mol. The minimum atomic E-state index is -0.546. The number of hydrogen-bond donors (Lipinski definition) is 1.